The lowest BCUT2D eigenvalue weighted by Crippen LogP contribution is -2.14. The quantitative estimate of drug-likeness (QED) is 0.864. The van der Waals surface area contributed by atoms with E-state index in [0.29, 0.717) is 10.9 Å². The number of nitrogens with zero attached hydrogens (tertiary/aromatic N) is 1. The van der Waals surface area contributed by atoms with Crippen molar-refractivity contribution in [2.24, 2.45) is 0 Å². The molecule has 0 aliphatic heterocycles. The Bertz CT molecular complexity index is 615. The highest BCUT2D eigenvalue weighted by atomic mass is 16.4. The zero-order valence-electron chi connectivity index (χ0n) is 10.5. The highest BCUT2D eigenvalue weighted by Gasteiger charge is 2.11. The zero-order chi connectivity index (χ0) is 12.6. The van der Waals surface area contributed by atoms with Crippen LogP contribution in [0, 0.1) is 13.8 Å². The number of nitrogens with one attached hydrogen (secondary N) is 1. The van der Waals surface area contributed by atoms with Gasteiger partial charge < -0.3 is 9.73 Å². The molecule has 0 amide bonds. The van der Waals surface area contributed by atoms with Gasteiger partial charge in [-0.15, -0.1) is 0 Å². The van der Waals surface area contributed by atoms with Crippen LogP contribution in [0.3, 0.4) is 0 Å². The lowest BCUT2D eigenvalue weighted by molar-refractivity contribution is 0.511. The van der Waals surface area contributed by atoms with E-state index in [1.165, 1.54) is 0 Å². The zero-order valence-corrected chi connectivity index (χ0v) is 10.5. The van der Waals surface area contributed by atoms with Gasteiger partial charge in [-0.05, 0) is 38.8 Å². The fourth-order valence-corrected chi connectivity index (χ4v) is 1.77. The van der Waals surface area contributed by atoms with Gasteiger partial charge in [0.2, 0.25) is 0 Å². The second kappa shape index (κ2) is 4.20. The lowest BCUT2D eigenvalue weighted by atomic mass is 10.1. The summed E-state index contributed by atoms with van der Waals surface area (Å²) in [6.45, 7) is 7.76. The molecule has 90 valence electrons. The van der Waals surface area contributed by atoms with Gasteiger partial charge in [-0.3, -0.25) is 0 Å². The van der Waals surface area contributed by atoms with Gasteiger partial charge in [-0.2, -0.15) is 4.98 Å². The van der Waals surface area contributed by atoms with E-state index in [1.807, 2.05) is 39.8 Å². The topological polar surface area (TPSA) is 55.1 Å². The van der Waals surface area contributed by atoms with Gasteiger partial charge in [-0.1, -0.05) is 12.1 Å². The molecule has 1 aromatic carbocycles. The maximum atomic E-state index is 11.9. The molecule has 1 heterocycles. The van der Waals surface area contributed by atoms with Gasteiger partial charge in [0.25, 0.3) is 6.01 Å². The third kappa shape index (κ3) is 2.16. The molecular formula is C13H16N2O2. The number of aromatic nitrogens is 1. The first-order valence-electron chi connectivity index (χ1n) is 5.66. The van der Waals surface area contributed by atoms with Crippen molar-refractivity contribution < 1.29 is 4.42 Å². The van der Waals surface area contributed by atoms with Crippen molar-refractivity contribution in [3.8, 4) is 0 Å². The summed E-state index contributed by atoms with van der Waals surface area (Å²) in [5.74, 6) is 0. The molecule has 0 radical (unpaired) electrons. The molecule has 2 aromatic rings. The average molecular weight is 232 g/mol. The largest absolute Gasteiger partial charge is 0.389 e. The Balaban J connectivity index is 2.73. The third-order valence-electron chi connectivity index (χ3n) is 2.61. The van der Waals surface area contributed by atoms with Crippen LogP contribution in [0.15, 0.2) is 21.3 Å². The third-order valence-corrected chi connectivity index (χ3v) is 2.61. The van der Waals surface area contributed by atoms with Crippen LogP contribution in [0.1, 0.15) is 25.0 Å². The predicted molar refractivity (Wildman–Crippen MR) is 68.5 cm³/mol. The first-order chi connectivity index (χ1) is 7.99. The summed E-state index contributed by atoms with van der Waals surface area (Å²) in [6, 6.07) is 4.33. The van der Waals surface area contributed by atoms with E-state index in [-0.39, 0.29) is 17.7 Å². The summed E-state index contributed by atoms with van der Waals surface area (Å²) in [6.07, 6.45) is 0. The van der Waals surface area contributed by atoms with Crippen LogP contribution in [0.4, 0.5) is 6.01 Å². The summed E-state index contributed by atoms with van der Waals surface area (Å²) in [4.78, 5) is 16.3. The summed E-state index contributed by atoms with van der Waals surface area (Å²) in [5.41, 5.74) is 2.25. The van der Waals surface area contributed by atoms with Gasteiger partial charge in [0.1, 0.15) is 0 Å². The Morgan fingerprint density at radius 2 is 1.88 bits per heavy atom. The average Bonchev–Trinajstić information content (AvgIpc) is 2.22. The number of fused-ring (bicyclic) bond motifs is 1. The summed E-state index contributed by atoms with van der Waals surface area (Å²) in [5, 5.41) is 3.58. The number of hydrogen-bond donors (Lipinski definition) is 1. The molecule has 0 unspecified atom stereocenters. The molecule has 0 saturated carbocycles. The van der Waals surface area contributed by atoms with E-state index >= 15 is 0 Å². The standard InChI is InChI=1S/C13H16N2O2/c1-7(2)14-13-15-11-9(4)6-5-8(3)10(11)12(16)17-13/h5-7H,1-4H3,(H,14,15). The van der Waals surface area contributed by atoms with Gasteiger partial charge in [0.15, 0.2) is 0 Å². The highest BCUT2D eigenvalue weighted by Crippen LogP contribution is 2.18. The minimum absolute atomic E-state index is 0.174. The molecule has 1 N–H and O–H groups in total. The molecule has 4 heteroatoms. The van der Waals surface area contributed by atoms with Gasteiger partial charge in [-0.25, -0.2) is 4.79 Å². The number of hydrogen-bond acceptors (Lipinski definition) is 4. The SMILES string of the molecule is Cc1ccc(C)c2c(=O)oc(NC(C)C)nc12. The molecule has 0 spiro atoms. The van der Waals surface area contributed by atoms with E-state index in [4.69, 9.17) is 4.42 Å². The van der Waals surface area contributed by atoms with Crippen molar-refractivity contribution in [1.82, 2.24) is 4.98 Å². The number of rotatable bonds is 2. The van der Waals surface area contributed by atoms with E-state index in [2.05, 4.69) is 10.3 Å². The molecule has 1 aromatic heterocycles. The Kier molecular flexibility index (Phi) is 2.88. The molecule has 0 saturated heterocycles. The van der Waals surface area contributed by atoms with Gasteiger partial charge >= 0.3 is 5.63 Å². The Morgan fingerprint density at radius 1 is 1.24 bits per heavy atom. The van der Waals surface area contributed by atoms with Crippen molar-refractivity contribution in [3.63, 3.8) is 0 Å². The second-order valence-corrected chi connectivity index (χ2v) is 4.53. The van der Waals surface area contributed by atoms with Crippen LogP contribution < -0.4 is 10.9 Å². The van der Waals surface area contributed by atoms with Crippen LogP contribution in [0.25, 0.3) is 10.9 Å². The Morgan fingerprint density at radius 3 is 2.53 bits per heavy atom. The monoisotopic (exact) mass is 232 g/mol. The van der Waals surface area contributed by atoms with Crippen molar-refractivity contribution in [1.29, 1.82) is 0 Å². The molecule has 0 aliphatic rings. The molecule has 0 fully saturated rings. The van der Waals surface area contributed by atoms with E-state index in [0.717, 1.165) is 11.1 Å². The van der Waals surface area contributed by atoms with Crippen molar-refractivity contribution in [2.45, 2.75) is 33.7 Å². The first-order valence-corrected chi connectivity index (χ1v) is 5.66. The van der Waals surface area contributed by atoms with Crippen LogP contribution in [0.2, 0.25) is 0 Å². The molecule has 0 aliphatic carbocycles. The number of benzene rings is 1. The smallest absolute Gasteiger partial charge is 0.348 e. The fourth-order valence-electron chi connectivity index (χ4n) is 1.77. The summed E-state index contributed by atoms with van der Waals surface area (Å²) >= 11 is 0. The van der Waals surface area contributed by atoms with Crippen LogP contribution in [-0.4, -0.2) is 11.0 Å². The highest BCUT2D eigenvalue weighted by molar-refractivity contribution is 5.84. The molecule has 4 nitrogen and oxygen atoms in total. The van der Waals surface area contributed by atoms with Gasteiger partial charge in [0.05, 0.1) is 10.9 Å². The Labute approximate surface area is 99.7 Å². The predicted octanol–water partition coefficient (Wildman–Crippen LogP) is 2.63. The normalized spacial score (nSPS) is 11.1. The second-order valence-electron chi connectivity index (χ2n) is 4.53. The van der Waals surface area contributed by atoms with Crippen LogP contribution in [-0.2, 0) is 0 Å². The summed E-state index contributed by atoms with van der Waals surface area (Å²) < 4.78 is 5.16. The van der Waals surface area contributed by atoms with Crippen molar-refractivity contribution in [2.75, 3.05) is 5.32 Å². The van der Waals surface area contributed by atoms with Gasteiger partial charge in [0, 0.05) is 6.04 Å². The first kappa shape index (κ1) is 11.6. The van der Waals surface area contributed by atoms with Crippen molar-refractivity contribution >= 4 is 16.9 Å². The summed E-state index contributed by atoms with van der Waals surface area (Å²) in [7, 11) is 0. The lowest BCUT2D eigenvalue weighted by Gasteiger charge is -2.09. The molecule has 2 rings (SSSR count). The Hall–Kier alpha value is -1.84. The van der Waals surface area contributed by atoms with Crippen molar-refractivity contribution in [3.05, 3.63) is 33.7 Å². The van der Waals surface area contributed by atoms with E-state index < -0.39 is 0 Å². The molecule has 0 bridgehead atoms. The maximum absolute atomic E-state index is 11.9. The number of aryl methyl sites for hydroxylation is 2. The minimum atomic E-state index is -0.334. The molecular weight excluding hydrogens is 216 g/mol. The fraction of sp³-hybridized carbons (Fsp3) is 0.385. The van der Waals surface area contributed by atoms with E-state index in [1.54, 1.807) is 0 Å². The maximum Gasteiger partial charge on any atom is 0.348 e. The molecule has 17 heavy (non-hydrogen) atoms. The van der Waals surface area contributed by atoms with Crippen LogP contribution >= 0.6 is 0 Å². The van der Waals surface area contributed by atoms with Crippen LogP contribution in [0.5, 0.6) is 0 Å². The van der Waals surface area contributed by atoms with E-state index in [9.17, 15) is 4.79 Å². The number of anilines is 1. The molecule has 0 atom stereocenters. The minimum Gasteiger partial charge on any atom is -0.389 e.